The van der Waals surface area contributed by atoms with Crippen LogP contribution in [0.5, 0.6) is 0 Å². The summed E-state index contributed by atoms with van der Waals surface area (Å²) >= 11 is 0. The molecular formula is C13H15N3O2. The number of benzene rings is 1. The first kappa shape index (κ1) is 12.4. The molecule has 2 rings (SSSR count). The van der Waals surface area contributed by atoms with Gasteiger partial charge in [-0.3, -0.25) is 4.90 Å². The molecule has 0 aromatic heterocycles. The van der Waals surface area contributed by atoms with Gasteiger partial charge in [-0.05, 0) is 19.1 Å². The van der Waals surface area contributed by atoms with Crippen molar-refractivity contribution in [3.8, 4) is 6.07 Å². The molecule has 1 aromatic rings. The lowest BCUT2D eigenvalue weighted by Crippen LogP contribution is -2.46. The summed E-state index contributed by atoms with van der Waals surface area (Å²) in [6, 6.07) is 8.10. The molecule has 0 aliphatic carbocycles. The van der Waals surface area contributed by atoms with Crippen molar-refractivity contribution in [3.63, 3.8) is 0 Å². The topological polar surface area (TPSA) is 67.6 Å². The highest BCUT2D eigenvalue weighted by Gasteiger charge is 2.52. The van der Waals surface area contributed by atoms with E-state index in [1.54, 1.807) is 45.3 Å². The fourth-order valence-electron chi connectivity index (χ4n) is 2.35. The van der Waals surface area contributed by atoms with Crippen molar-refractivity contribution >= 4 is 6.03 Å². The second kappa shape index (κ2) is 4.00. The van der Waals surface area contributed by atoms with Gasteiger partial charge in [-0.2, -0.15) is 5.26 Å². The minimum Gasteiger partial charge on any atom is -0.365 e. The normalized spacial score (nSPS) is 27.5. The van der Waals surface area contributed by atoms with Crippen LogP contribution in [-0.4, -0.2) is 41.1 Å². The first-order valence-electron chi connectivity index (χ1n) is 5.66. The third kappa shape index (κ3) is 1.46. The minimum absolute atomic E-state index is 0.243. The van der Waals surface area contributed by atoms with E-state index in [2.05, 4.69) is 0 Å². The largest absolute Gasteiger partial charge is 0.365 e. The van der Waals surface area contributed by atoms with E-state index in [1.807, 2.05) is 6.07 Å². The third-order valence-electron chi connectivity index (χ3n) is 3.68. The Morgan fingerprint density at radius 3 is 2.61 bits per heavy atom. The third-order valence-corrected chi connectivity index (χ3v) is 3.68. The molecular weight excluding hydrogens is 230 g/mol. The van der Waals surface area contributed by atoms with Crippen LogP contribution in [0.3, 0.4) is 0 Å². The number of nitriles is 1. The predicted molar refractivity (Wildman–Crippen MR) is 65.4 cm³/mol. The Kier molecular flexibility index (Phi) is 2.76. The second-order valence-electron chi connectivity index (χ2n) is 4.55. The van der Waals surface area contributed by atoms with Crippen molar-refractivity contribution in [1.82, 2.24) is 9.80 Å². The number of amides is 2. The maximum Gasteiger partial charge on any atom is 0.322 e. The van der Waals surface area contributed by atoms with E-state index >= 15 is 0 Å². The highest BCUT2D eigenvalue weighted by atomic mass is 16.3. The van der Waals surface area contributed by atoms with E-state index in [4.69, 9.17) is 5.26 Å². The Hall–Kier alpha value is -2.06. The Labute approximate surface area is 106 Å². The van der Waals surface area contributed by atoms with E-state index in [0.29, 0.717) is 11.1 Å². The predicted octanol–water partition coefficient (Wildman–Crippen LogP) is 1.09. The Morgan fingerprint density at radius 2 is 2.11 bits per heavy atom. The fourth-order valence-corrected chi connectivity index (χ4v) is 2.35. The zero-order chi connectivity index (χ0) is 13.5. The van der Waals surface area contributed by atoms with Gasteiger partial charge in [0.1, 0.15) is 0 Å². The van der Waals surface area contributed by atoms with E-state index in [9.17, 15) is 9.90 Å². The number of carbonyl (C=O) groups excluding carboxylic acids is 1. The number of nitrogens with zero attached hydrogens (tertiary/aromatic N) is 3. The van der Waals surface area contributed by atoms with Gasteiger partial charge in [0.2, 0.25) is 0 Å². The number of urea groups is 1. The molecule has 94 valence electrons. The molecule has 1 heterocycles. The van der Waals surface area contributed by atoms with Crippen LogP contribution in [0.4, 0.5) is 4.79 Å². The van der Waals surface area contributed by atoms with Crippen LogP contribution in [0.1, 0.15) is 18.1 Å². The van der Waals surface area contributed by atoms with Gasteiger partial charge in [-0.1, -0.05) is 12.1 Å². The first-order chi connectivity index (χ1) is 8.42. The Morgan fingerprint density at radius 1 is 1.44 bits per heavy atom. The first-order valence-corrected chi connectivity index (χ1v) is 5.66. The molecule has 18 heavy (non-hydrogen) atoms. The van der Waals surface area contributed by atoms with Crippen LogP contribution in [0.25, 0.3) is 0 Å². The van der Waals surface area contributed by atoms with E-state index in [0.717, 1.165) is 0 Å². The lowest BCUT2D eigenvalue weighted by Gasteiger charge is -2.33. The zero-order valence-electron chi connectivity index (χ0n) is 10.6. The molecule has 1 fully saturated rings. The number of likely N-dealkylation sites (N-methyl/N-ethyl adjacent to an activating group) is 2. The van der Waals surface area contributed by atoms with Crippen molar-refractivity contribution in [2.24, 2.45) is 0 Å². The SMILES string of the molecule is C[C@@H]1N(C)C(=O)N(C)C1(O)c1cccc(C#N)c1. The molecule has 2 atom stereocenters. The van der Waals surface area contributed by atoms with Crippen LogP contribution in [0.15, 0.2) is 24.3 Å². The zero-order valence-corrected chi connectivity index (χ0v) is 10.6. The molecule has 1 unspecified atom stereocenters. The standard InChI is InChI=1S/C13H15N3O2/c1-9-13(18,16(3)12(17)15(9)2)11-6-4-5-10(7-11)8-14/h4-7,9,18H,1-3H3/t9-,13?/m0/s1. The van der Waals surface area contributed by atoms with Crippen molar-refractivity contribution in [1.29, 1.82) is 5.26 Å². The number of aliphatic hydroxyl groups is 1. The second-order valence-corrected chi connectivity index (χ2v) is 4.55. The Bertz CT molecular complexity index is 537. The summed E-state index contributed by atoms with van der Waals surface area (Å²) in [7, 11) is 3.21. The van der Waals surface area contributed by atoms with Gasteiger partial charge in [0.25, 0.3) is 0 Å². The lowest BCUT2D eigenvalue weighted by atomic mass is 9.94. The summed E-state index contributed by atoms with van der Waals surface area (Å²) in [6.45, 7) is 1.78. The van der Waals surface area contributed by atoms with Crippen LogP contribution in [0.2, 0.25) is 0 Å². The van der Waals surface area contributed by atoms with Gasteiger partial charge in [0, 0.05) is 19.7 Å². The average Bonchev–Trinajstić information content (AvgIpc) is 2.55. The molecule has 1 aromatic carbocycles. The minimum atomic E-state index is -1.40. The molecule has 1 N–H and O–H groups in total. The van der Waals surface area contributed by atoms with Gasteiger partial charge < -0.3 is 10.0 Å². The van der Waals surface area contributed by atoms with E-state index in [-0.39, 0.29) is 12.1 Å². The van der Waals surface area contributed by atoms with Crippen molar-refractivity contribution in [2.75, 3.05) is 14.1 Å². The number of hydrogen-bond acceptors (Lipinski definition) is 3. The van der Waals surface area contributed by atoms with Gasteiger partial charge in [-0.15, -0.1) is 0 Å². The smallest absolute Gasteiger partial charge is 0.322 e. The summed E-state index contributed by atoms with van der Waals surface area (Å²) in [5.74, 6) is 0. The van der Waals surface area contributed by atoms with Crippen molar-refractivity contribution in [3.05, 3.63) is 35.4 Å². The van der Waals surface area contributed by atoms with Gasteiger partial charge in [0.05, 0.1) is 17.7 Å². The summed E-state index contributed by atoms with van der Waals surface area (Å²) in [6.07, 6.45) is 0. The van der Waals surface area contributed by atoms with Gasteiger partial charge in [0.15, 0.2) is 5.72 Å². The molecule has 5 heteroatoms. The number of rotatable bonds is 1. The maximum absolute atomic E-state index is 11.9. The molecule has 0 bridgehead atoms. The number of hydrogen-bond donors (Lipinski definition) is 1. The van der Waals surface area contributed by atoms with Crippen molar-refractivity contribution in [2.45, 2.75) is 18.7 Å². The summed E-state index contributed by atoms with van der Waals surface area (Å²) in [5.41, 5.74) is -0.392. The van der Waals surface area contributed by atoms with Crippen LogP contribution in [-0.2, 0) is 5.72 Å². The molecule has 1 saturated heterocycles. The lowest BCUT2D eigenvalue weighted by molar-refractivity contribution is -0.0775. The molecule has 1 aliphatic rings. The number of carbonyl (C=O) groups is 1. The van der Waals surface area contributed by atoms with E-state index < -0.39 is 5.72 Å². The van der Waals surface area contributed by atoms with Crippen LogP contribution in [0, 0.1) is 11.3 Å². The molecule has 0 saturated carbocycles. The molecule has 2 amide bonds. The molecule has 5 nitrogen and oxygen atoms in total. The summed E-state index contributed by atoms with van der Waals surface area (Å²) in [5, 5.41) is 19.7. The van der Waals surface area contributed by atoms with Gasteiger partial charge >= 0.3 is 6.03 Å². The van der Waals surface area contributed by atoms with Crippen LogP contribution >= 0.6 is 0 Å². The molecule has 1 aliphatic heterocycles. The summed E-state index contributed by atoms with van der Waals surface area (Å²) in [4.78, 5) is 14.7. The molecule has 0 spiro atoms. The quantitative estimate of drug-likeness (QED) is 0.805. The highest BCUT2D eigenvalue weighted by molar-refractivity contribution is 5.78. The average molecular weight is 245 g/mol. The van der Waals surface area contributed by atoms with Crippen LogP contribution < -0.4 is 0 Å². The fraction of sp³-hybridized carbons (Fsp3) is 0.385. The highest BCUT2D eigenvalue weighted by Crippen LogP contribution is 2.37. The van der Waals surface area contributed by atoms with Gasteiger partial charge in [-0.25, -0.2) is 4.79 Å². The molecule has 0 radical (unpaired) electrons. The van der Waals surface area contributed by atoms with E-state index in [1.165, 1.54) is 9.80 Å². The van der Waals surface area contributed by atoms with Crippen molar-refractivity contribution < 1.29 is 9.90 Å². The Balaban J connectivity index is 2.54. The monoisotopic (exact) mass is 245 g/mol. The maximum atomic E-state index is 11.9. The summed E-state index contributed by atoms with van der Waals surface area (Å²) < 4.78 is 0.